The van der Waals surface area contributed by atoms with E-state index in [1.54, 1.807) is 0 Å². The molecule has 1 aliphatic heterocycles. The number of allylic oxidation sites excluding steroid dienone is 1. The van der Waals surface area contributed by atoms with Crippen molar-refractivity contribution >= 4 is 0 Å². The number of rotatable bonds is 1. The summed E-state index contributed by atoms with van der Waals surface area (Å²) in [7, 11) is 2.21. The minimum Gasteiger partial charge on any atom is -0.299 e. The van der Waals surface area contributed by atoms with E-state index in [2.05, 4.69) is 44.9 Å². The lowest BCUT2D eigenvalue weighted by Crippen LogP contribution is -2.25. The molecule has 64 valence electrons. The summed E-state index contributed by atoms with van der Waals surface area (Å²) in [6.45, 7) is 8.03. The number of nitrogens with zero attached hydrogens (tertiary/aromatic N) is 1. The molecule has 0 bridgehead atoms. The van der Waals surface area contributed by atoms with Crippen LogP contribution in [0, 0.1) is 11.8 Å². The maximum atomic E-state index is 2.44. The average Bonchev–Trinajstić information content (AvgIpc) is 2.17. The van der Waals surface area contributed by atoms with Crippen molar-refractivity contribution in [3.63, 3.8) is 0 Å². The van der Waals surface area contributed by atoms with Gasteiger partial charge in [-0.25, -0.2) is 0 Å². The fraction of sp³-hybridized carbons (Fsp3) is 0.800. The van der Waals surface area contributed by atoms with Gasteiger partial charge in [0, 0.05) is 12.6 Å². The normalized spacial score (nSPS) is 40.5. The first-order chi connectivity index (χ1) is 5.16. The molecule has 11 heavy (non-hydrogen) atoms. The highest BCUT2D eigenvalue weighted by molar-refractivity contribution is 5.00. The molecule has 1 heteroatoms. The Hall–Kier alpha value is -0.300. The van der Waals surface area contributed by atoms with E-state index in [1.165, 1.54) is 6.54 Å². The second kappa shape index (κ2) is 3.40. The van der Waals surface area contributed by atoms with E-state index in [4.69, 9.17) is 0 Å². The van der Waals surface area contributed by atoms with Gasteiger partial charge >= 0.3 is 0 Å². The summed E-state index contributed by atoms with van der Waals surface area (Å²) in [5, 5.41) is 0. The van der Waals surface area contributed by atoms with Crippen LogP contribution in [0.3, 0.4) is 0 Å². The van der Waals surface area contributed by atoms with Gasteiger partial charge in [-0.3, -0.25) is 4.90 Å². The Labute approximate surface area is 70.1 Å². The van der Waals surface area contributed by atoms with Crippen molar-refractivity contribution in [1.82, 2.24) is 4.90 Å². The van der Waals surface area contributed by atoms with Gasteiger partial charge in [0.2, 0.25) is 0 Å². The zero-order chi connectivity index (χ0) is 8.43. The molecule has 0 aromatic heterocycles. The van der Waals surface area contributed by atoms with Crippen molar-refractivity contribution in [3.8, 4) is 0 Å². The Kier molecular flexibility index (Phi) is 2.72. The van der Waals surface area contributed by atoms with E-state index in [0.29, 0.717) is 6.04 Å². The predicted molar refractivity (Wildman–Crippen MR) is 49.6 cm³/mol. The summed E-state index contributed by atoms with van der Waals surface area (Å²) < 4.78 is 0. The Bertz CT molecular complexity index is 151. The summed E-state index contributed by atoms with van der Waals surface area (Å²) in [6.07, 6.45) is 4.48. The first-order valence-corrected chi connectivity index (χ1v) is 4.50. The van der Waals surface area contributed by atoms with Gasteiger partial charge in [0.15, 0.2) is 0 Å². The second-order valence-corrected chi connectivity index (χ2v) is 3.79. The highest BCUT2D eigenvalue weighted by Gasteiger charge is 2.31. The SMILES string of the molecule is C/C=C/C1C(C)C(C)CN1C. The van der Waals surface area contributed by atoms with Crippen molar-refractivity contribution in [2.24, 2.45) is 11.8 Å². The van der Waals surface area contributed by atoms with Crippen LogP contribution in [0.25, 0.3) is 0 Å². The molecule has 0 radical (unpaired) electrons. The fourth-order valence-electron chi connectivity index (χ4n) is 2.00. The molecular weight excluding hydrogens is 134 g/mol. The molecule has 3 atom stereocenters. The average molecular weight is 153 g/mol. The summed E-state index contributed by atoms with van der Waals surface area (Å²) in [5.74, 6) is 1.66. The van der Waals surface area contributed by atoms with E-state index in [0.717, 1.165) is 11.8 Å². The van der Waals surface area contributed by atoms with Crippen LogP contribution in [0.15, 0.2) is 12.2 Å². The molecule has 0 aromatic carbocycles. The maximum Gasteiger partial charge on any atom is 0.0303 e. The number of likely N-dealkylation sites (tertiary alicyclic amines) is 1. The molecule has 1 fully saturated rings. The Morgan fingerprint density at radius 1 is 1.36 bits per heavy atom. The van der Waals surface area contributed by atoms with E-state index < -0.39 is 0 Å². The molecule has 1 heterocycles. The van der Waals surface area contributed by atoms with Gasteiger partial charge < -0.3 is 0 Å². The van der Waals surface area contributed by atoms with Crippen molar-refractivity contribution in [3.05, 3.63) is 12.2 Å². The van der Waals surface area contributed by atoms with Crippen LogP contribution >= 0.6 is 0 Å². The first-order valence-electron chi connectivity index (χ1n) is 4.50. The minimum atomic E-state index is 0.676. The van der Waals surface area contributed by atoms with Crippen LogP contribution in [-0.4, -0.2) is 24.5 Å². The molecular formula is C10H19N. The van der Waals surface area contributed by atoms with Gasteiger partial charge in [-0.05, 0) is 25.8 Å². The predicted octanol–water partition coefficient (Wildman–Crippen LogP) is 2.15. The van der Waals surface area contributed by atoms with Crippen LogP contribution in [0.5, 0.6) is 0 Å². The largest absolute Gasteiger partial charge is 0.299 e. The summed E-state index contributed by atoms with van der Waals surface area (Å²) in [5.41, 5.74) is 0. The third-order valence-corrected chi connectivity index (χ3v) is 2.91. The van der Waals surface area contributed by atoms with Crippen LogP contribution < -0.4 is 0 Å². The third-order valence-electron chi connectivity index (χ3n) is 2.91. The van der Waals surface area contributed by atoms with Gasteiger partial charge in [0.05, 0.1) is 0 Å². The summed E-state index contributed by atoms with van der Waals surface area (Å²) in [6, 6.07) is 0.676. The smallest absolute Gasteiger partial charge is 0.0303 e. The number of likely N-dealkylation sites (N-methyl/N-ethyl adjacent to an activating group) is 1. The third kappa shape index (κ3) is 1.64. The Morgan fingerprint density at radius 3 is 2.36 bits per heavy atom. The second-order valence-electron chi connectivity index (χ2n) is 3.79. The van der Waals surface area contributed by atoms with E-state index in [-0.39, 0.29) is 0 Å². The van der Waals surface area contributed by atoms with Crippen molar-refractivity contribution in [2.45, 2.75) is 26.8 Å². The van der Waals surface area contributed by atoms with E-state index >= 15 is 0 Å². The minimum absolute atomic E-state index is 0.676. The van der Waals surface area contributed by atoms with E-state index in [1.807, 2.05) is 0 Å². The number of hydrogen-bond acceptors (Lipinski definition) is 1. The first kappa shape index (κ1) is 8.79. The molecule has 1 aliphatic rings. The Morgan fingerprint density at radius 2 is 2.00 bits per heavy atom. The molecule has 1 nitrogen and oxygen atoms in total. The fourth-order valence-corrected chi connectivity index (χ4v) is 2.00. The van der Waals surface area contributed by atoms with Crippen molar-refractivity contribution < 1.29 is 0 Å². The lowest BCUT2D eigenvalue weighted by atomic mass is 9.94. The van der Waals surface area contributed by atoms with Crippen molar-refractivity contribution in [2.75, 3.05) is 13.6 Å². The standard InChI is InChI=1S/C10H19N/c1-5-6-10-9(3)8(2)7-11(10)4/h5-6,8-10H,7H2,1-4H3/b6-5+. The molecule has 3 unspecified atom stereocenters. The molecule has 1 saturated heterocycles. The van der Waals surface area contributed by atoms with Crippen LogP contribution in [0.1, 0.15) is 20.8 Å². The molecule has 0 aliphatic carbocycles. The van der Waals surface area contributed by atoms with Crippen LogP contribution in [0.2, 0.25) is 0 Å². The van der Waals surface area contributed by atoms with Crippen LogP contribution in [0.4, 0.5) is 0 Å². The molecule has 0 spiro atoms. The highest BCUT2D eigenvalue weighted by atomic mass is 15.2. The number of hydrogen-bond donors (Lipinski definition) is 0. The van der Waals surface area contributed by atoms with Crippen LogP contribution in [-0.2, 0) is 0 Å². The van der Waals surface area contributed by atoms with E-state index in [9.17, 15) is 0 Å². The zero-order valence-corrected chi connectivity index (χ0v) is 8.04. The highest BCUT2D eigenvalue weighted by Crippen LogP contribution is 2.28. The summed E-state index contributed by atoms with van der Waals surface area (Å²) in [4.78, 5) is 2.44. The monoisotopic (exact) mass is 153 g/mol. The summed E-state index contributed by atoms with van der Waals surface area (Å²) >= 11 is 0. The molecule has 0 aromatic rings. The molecule has 0 N–H and O–H groups in total. The zero-order valence-electron chi connectivity index (χ0n) is 8.04. The molecule has 1 rings (SSSR count). The van der Waals surface area contributed by atoms with Gasteiger partial charge in [-0.15, -0.1) is 0 Å². The topological polar surface area (TPSA) is 3.24 Å². The Balaban J connectivity index is 2.63. The van der Waals surface area contributed by atoms with Gasteiger partial charge in [0.1, 0.15) is 0 Å². The molecule has 0 amide bonds. The lowest BCUT2D eigenvalue weighted by molar-refractivity contribution is 0.330. The molecule has 0 saturated carbocycles. The van der Waals surface area contributed by atoms with Crippen molar-refractivity contribution in [1.29, 1.82) is 0 Å². The lowest BCUT2D eigenvalue weighted by Gasteiger charge is -2.18. The quantitative estimate of drug-likeness (QED) is 0.522. The maximum absolute atomic E-state index is 2.44. The van der Waals surface area contributed by atoms with Gasteiger partial charge in [-0.2, -0.15) is 0 Å². The van der Waals surface area contributed by atoms with Gasteiger partial charge in [-0.1, -0.05) is 26.0 Å². The van der Waals surface area contributed by atoms with Gasteiger partial charge in [0.25, 0.3) is 0 Å².